The van der Waals surface area contributed by atoms with E-state index < -0.39 is 21.1 Å². The number of hydrogen-bond acceptors (Lipinski definition) is 3. The second-order valence-electron chi connectivity index (χ2n) is 5.82. The minimum atomic E-state index is -0.693. The van der Waals surface area contributed by atoms with Crippen LogP contribution in [-0.2, 0) is 9.53 Å². The molecule has 0 aromatic rings. The molecule has 2 radical (unpaired) electrons. The Hall–Kier alpha value is 0.619. The third kappa shape index (κ3) is 8.81. The van der Waals surface area contributed by atoms with Crippen molar-refractivity contribution in [1.82, 2.24) is 0 Å². The van der Waals surface area contributed by atoms with Gasteiger partial charge in [0.25, 0.3) is 0 Å². The predicted molar refractivity (Wildman–Crippen MR) is 89.7 cm³/mol. The molecule has 1 aliphatic rings. The zero-order valence-electron chi connectivity index (χ0n) is 12.9. The van der Waals surface area contributed by atoms with E-state index >= 15 is 0 Å². The molecule has 1 aliphatic carbocycles. The Morgan fingerprint density at radius 1 is 1.15 bits per heavy atom. The summed E-state index contributed by atoms with van der Waals surface area (Å²) in [6, 6.07) is 0. The van der Waals surface area contributed by atoms with Gasteiger partial charge in [0, 0.05) is 0 Å². The van der Waals surface area contributed by atoms with Crippen LogP contribution in [0.15, 0.2) is 0 Å². The number of ether oxygens (including phenoxy) is 1. The van der Waals surface area contributed by atoms with Gasteiger partial charge < -0.3 is 0 Å². The third-order valence-electron chi connectivity index (χ3n) is 3.93. The van der Waals surface area contributed by atoms with Gasteiger partial charge in [-0.05, 0) is 0 Å². The van der Waals surface area contributed by atoms with Gasteiger partial charge in [-0.3, -0.25) is 0 Å². The first-order valence-corrected chi connectivity index (χ1v) is 12.5. The molecule has 0 saturated heterocycles. The van der Waals surface area contributed by atoms with Gasteiger partial charge in [-0.2, -0.15) is 0 Å². The van der Waals surface area contributed by atoms with Gasteiger partial charge in [-0.1, -0.05) is 0 Å². The molecule has 0 heterocycles. The first kappa shape index (κ1) is 18.7. The predicted octanol–water partition coefficient (Wildman–Crippen LogP) is 4.60. The molecule has 0 amide bonds. The van der Waals surface area contributed by atoms with E-state index in [1.54, 1.807) is 0 Å². The standard InChI is InChI=1S/C8H13O2S.C8H17.Sn/c9-8(6-11)10-7-4-2-1-3-5-7;1-3-5-7-8-6-4-2;/h6-7,11H,1-5H2;1,3-8H2,2H3;. The molecule has 116 valence electrons. The molecule has 1 fully saturated rings. The molecule has 1 unspecified atom stereocenters. The van der Waals surface area contributed by atoms with Crippen molar-refractivity contribution in [1.29, 1.82) is 0 Å². The fourth-order valence-corrected chi connectivity index (χ4v) is 6.31. The van der Waals surface area contributed by atoms with Gasteiger partial charge in [0.2, 0.25) is 0 Å². The zero-order chi connectivity index (χ0) is 14.6. The monoisotopic (exact) mass is 406 g/mol. The first-order chi connectivity index (χ1) is 9.74. The summed E-state index contributed by atoms with van der Waals surface area (Å²) in [6.07, 6.45) is 14.1. The second-order valence-corrected chi connectivity index (χ2v) is 12.0. The Labute approximate surface area is 140 Å². The van der Waals surface area contributed by atoms with E-state index in [4.69, 9.17) is 4.74 Å². The summed E-state index contributed by atoms with van der Waals surface area (Å²) in [7, 11) is 0. The van der Waals surface area contributed by atoms with Gasteiger partial charge in [0.15, 0.2) is 0 Å². The summed E-state index contributed by atoms with van der Waals surface area (Å²) >= 11 is 3.79. The summed E-state index contributed by atoms with van der Waals surface area (Å²) in [5, 5.41) is 0. The van der Waals surface area contributed by atoms with Crippen molar-refractivity contribution in [2.45, 2.75) is 91.4 Å². The average molecular weight is 405 g/mol. The number of hydrogen-bond donors (Lipinski definition) is 1. The number of esters is 1. The summed E-state index contributed by atoms with van der Waals surface area (Å²) in [4.78, 5) is 12.0. The van der Waals surface area contributed by atoms with E-state index in [1.807, 2.05) is 0 Å². The van der Waals surface area contributed by atoms with E-state index in [0.29, 0.717) is 0 Å². The van der Waals surface area contributed by atoms with Crippen molar-refractivity contribution in [3.63, 3.8) is 0 Å². The van der Waals surface area contributed by atoms with Crippen LogP contribution in [0, 0.1) is 0 Å². The minimum absolute atomic E-state index is 0.0159. The number of thiol groups is 1. The van der Waals surface area contributed by atoms with Gasteiger partial charge in [-0.15, -0.1) is 0 Å². The van der Waals surface area contributed by atoms with Crippen LogP contribution in [0.3, 0.4) is 0 Å². The molecule has 0 aromatic heterocycles. The third-order valence-corrected chi connectivity index (χ3v) is 8.97. The Morgan fingerprint density at radius 3 is 2.50 bits per heavy atom. The average Bonchev–Trinajstić information content (AvgIpc) is 2.47. The van der Waals surface area contributed by atoms with E-state index in [2.05, 4.69) is 19.6 Å². The van der Waals surface area contributed by atoms with E-state index in [-0.39, 0.29) is 15.3 Å². The zero-order valence-corrected chi connectivity index (χ0v) is 16.7. The number of carbonyl (C=O) groups excluding carboxylic acids is 1. The van der Waals surface area contributed by atoms with Crippen molar-refractivity contribution >= 4 is 39.7 Å². The molecule has 0 aromatic carbocycles. The maximum absolute atomic E-state index is 12.0. The summed E-state index contributed by atoms with van der Waals surface area (Å²) < 4.78 is 6.81. The van der Waals surface area contributed by atoms with Crippen molar-refractivity contribution < 1.29 is 9.53 Å². The normalized spacial score (nSPS) is 17.9. The molecule has 4 heteroatoms. The van der Waals surface area contributed by atoms with Crippen molar-refractivity contribution in [2.75, 3.05) is 0 Å². The molecular weight excluding hydrogens is 375 g/mol. The Kier molecular flexibility index (Phi) is 11.4. The molecule has 2 nitrogen and oxygen atoms in total. The molecule has 0 aliphatic heterocycles. The van der Waals surface area contributed by atoms with Gasteiger partial charge in [0.05, 0.1) is 0 Å². The maximum atomic E-state index is 12.0. The molecule has 0 N–H and O–H groups in total. The van der Waals surface area contributed by atoms with E-state index in [9.17, 15) is 4.79 Å². The SMILES string of the molecule is CCCCCCC[CH2][Sn][CH](S)C(=O)OC1CCCCC1. The van der Waals surface area contributed by atoms with E-state index in [1.165, 1.54) is 62.2 Å². The van der Waals surface area contributed by atoms with Crippen LogP contribution < -0.4 is 0 Å². The Bertz CT molecular complexity index is 255. The van der Waals surface area contributed by atoms with Crippen LogP contribution in [0.4, 0.5) is 0 Å². The molecule has 1 saturated carbocycles. The molecular formula is C16H30O2SSn. The van der Waals surface area contributed by atoms with Crippen molar-refractivity contribution in [3.8, 4) is 0 Å². The van der Waals surface area contributed by atoms with Crippen molar-refractivity contribution in [3.05, 3.63) is 0 Å². The van der Waals surface area contributed by atoms with Crippen LogP contribution in [-0.4, -0.2) is 36.5 Å². The first-order valence-electron chi connectivity index (χ1n) is 8.36. The molecule has 20 heavy (non-hydrogen) atoms. The van der Waals surface area contributed by atoms with Crippen LogP contribution in [0.25, 0.3) is 0 Å². The second kappa shape index (κ2) is 12.2. The molecule has 1 atom stereocenters. The van der Waals surface area contributed by atoms with Crippen molar-refractivity contribution in [2.24, 2.45) is 0 Å². The fraction of sp³-hybridized carbons (Fsp3) is 0.938. The number of rotatable bonds is 10. The topological polar surface area (TPSA) is 26.3 Å². The van der Waals surface area contributed by atoms with Gasteiger partial charge >= 0.3 is 141 Å². The van der Waals surface area contributed by atoms with E-state index in [0.717, 1.165) is 12.8 Å². The quantitative estimate of drug-likeness (QED) is 0.249. The molecule has 1 rings (SSSR count). The van der Waals surface area contributed by atoms with Crippen LogP contribution in [0.1, 0.15) is 77.6 Å². The molecule has 0 spiro atoms. The number of carbonyl (C=O) groups is 1. The number of unbranched alkanes of at least 4 members (excludes halogenated alkanes) is 5. The fourth-order valence-electron chi connectivity index (χ4n) is 2.64. The van der Waals surface area contributed by atoms with Gasteiger partial charge in [0.1, 0.15) is 0 Å². The summed E-state index contributed by atoms with van der Waals surface area (Å²) in [5.41, 5.74) is 0. The van der Waals surface area contributed by atoms with Crippen LogP contribution in [0.5, 0.6) is 0 Å². The Morgan fingerprint density at radius 2 is 1.80 bits per heavy atom. The summed E-state index contributed by atoms with van der Waals surface area (Å²) in [5.74, 6) is -0.0159. The Balaban J connectivity index is 2.00. The molecule has 0 bridgehead atoms. The van der Waals surface area contributed by atoms with Gasteiger partial charge in [-0.25, -0.2) is 0 Å². The van der Waals surface area contributed by atoms with Crippen LogP contribution in [0.2, 0.25) is 4.44 Å². The summed E-state index contributed by atoms with van der Waals surface area (Å²) in [6.45, 7) is 2.25. The van der Waals surface area contributed by atoms with Crippen LogP contribution >= 0.6 is 12.6 Å².